The molecule has 3 rings (SSSR count). The molecule has 0 amide bonds. The Kier molecular flexibility index (Phi) is 5.18. The highest BCUT2D eigenvalue weighted by Gasteiger charge is 2.10. The highest BCUT2D eigenvalue weighted by atomic mass is 35.5. The number of anilines is 2. The molecule has 2 aromatic carbocycles. The number of benzene rings is 2. The van der Waals surface area contributed by atoms with E-state index < -0.39 is 0 Å². The summed E-state index contributed by atoms with van der Waals surface area (Å²) in [6.07, 6.45) is 1.80. The lowest BCUT2D eigenvalue weighted by molar-refractivity contribution is 0.304. The minimum Gasteiger partial charge on any atom is -0.395 e. The predicted octanol–water partition coefficient (Wildman–Crippen LogP) is 3.93. The Bertz CT molecular complexity index is 838. The van der Waals surface area contributed by atoms with Crippen LogP contribution in [-0.2, 0) is 6.54 Å². The number of nitrogens with one attached hydrogen (secondary N) is 1. The van der Waals surface area contributed by atoms with Crippen molar-refractivity contribution in [2.75, 3.05) is 30.4 Å². The second kappa shape index (κ2) is 7.51. The summed E-state index contributed by atoms with van der Waals surface area (Å²) >= 11 is 6.23. The Morgan fingerprint density at radius 2 is 1.92 bits per heavy atom. The summed E-state index contributed by atoms with van der Waals surface area (Å²) in [5.74, 6) is 0.864. The first-order valence-corrected chi connectivity index (χ1v) is 8.25. The fourth-order valence-corrected chi connectivity index (χ4v) is 2.94. The van der Waals surface area contributed by atoms with Crippen molar-refractivity contribution in [3.8, 4) is 0 Å². The van der Waals surface area contributed by atoms with E-state index in [1.54, 1.807) is 6.20 Å². The van der Waals surface area contributed by atoms with Crippen LogP contribution in [0.25, 0.3) is 10.8 Å². The van der Waals surface area contributed by atoms with E-state index in [0.29, 0.717) is 13.1 Å². The van der Waals surface area contributed by atoms with Crippen molar-refractivity contribution in [3.63, 3.8) is 0 Å². The van der Waals surface area contributed by atoms with Gasteiger partial charge in [-0.05, 0) is 23.8 Å². The maximum atomic E-state index is 9.17. The Labute approximate surface area is 146 Å². The van der Waals surface area contributed by atoms with E-state index >= 15 is 0 Å². The highest BCUT2D eigenvalue weighted by molar-refractivity contribution is 6.31. The van der Waals surface area contributed by atoms with Crippen LogP contribution in [0, 0.1) is 0 Å². The normalized spacial score (nSPS) is 10.8. The van der Waals surface area contributed by atoms with Crippen LogP contribution in [-0.4, -0.2) is 30.3 Å². The molecule has 0 radical (unpaired) electrons. The number of aliphatic hydroxyl groups excluding tert-OH is 1. The van der Waals surface area contributed by atoms with Gasteiger partial charge < -0.3 is 15.3 Å². The van der Waals surface area contributed by atoms with Crippen LogP contribution in [0.2, 0.25) is 5.02 Å². The second-order valence-electron chi connectivity index (χ2n) is 5.63. The molecule has 0 aliphatic carbocycles. The van der Waals surface area contributed by atoms with Crippen LogP contribution in [0.4, 0.5) is 11.5 Å². The summed E-state index contributed by atoms with van der Waals surface area (Å²) in [5, 5.41) is 15.5. The maximum Gasteiger partial charge on any atom is 0.136 e. The van der Waals surface area contributed by atoms with Gasteiger partial charge in [0.15, 0.2) is 0 Å². The highest BCUT2D eigenvalue weighted by Crippen LogP contribution is 2.29. The molecule has 0 unspecified atom stereocenters. The smallest absolute Gasteiger partial charge is 0.136 e. The maximum absolute atomic E-state index is 9.17. The van der Waals surface area contributed by atoms with E-state index in [-0.39, 0.29) is 6.61 Å². The van der Waals surface area contributed by atoms with Crippen molar-refractivity contribution in [3.05, 3.63) is 65.3 Å². The lowest BCUT2D eigenvalue weighted by Gasteiger charge is -2.19. The van der Waals surface area contributed by atoms with Crippen LogP contribution < -0.4 is 10.2 Å². The number of rotatable bonds is 6. The van der Waals surface area contributed by atoms with Crippen LogP contribution in [0.3, 0.4) is 0 Å². The zero-order valence-corrected chi connectivity index (χ0v) is 14.3. The molecule has 1 aromatic heterocycles. The molecule has 5 heteroatoms. The fourth-order valence-electron chi connectivity index (χ4n) is 2.74. The van der Waals surface area contributed by atoms with Crippen molar-refractivity contribution in [1.29, 1.82) is 0 Å². The third-order valence-corrected chi connectivity index (χ3v) is 4.38. The van der Waals surface area contributed by atoms with Gasteiger partial charge in [0.2, 0.25) is 0 Å². The molecule has 0 aliphatic rings. The molecule has 0 fully saturated rings. The number of likely N-dealkylation sites (N-methyl/N-ethyl adjacent to an activating group) is 1. The van der Waals surface area contributed by atoms with E-state index in [2.05, 4.69) is 16.4 Å². The summed E-state index contributed by atoms with van der Waals surface area (Å²) < 4.78 is 0. The number of aromatic nitrogens is 1. The SMILES string of the molecule is CN(CCO)c1nccc2c(NCc3ccccc3Cl)cccc12. The van der Waals surface area contributed by atoms with Gasteiger partial charge in [-0.3, -0.25) is 0 Å². The first kappa shape index (κ1) is 16.6. The standard InChI is InChI=1S/C19H20ClN3O/c1-23(11-12-24)19-16-6-4-8-18(15(16)9-10-21-19)22-13-14-5-2-3-7-17(14)20/h2-10,22,24H,11-13H2,1H3. The number of hydrogen-bond donors (Lipinski definition) is 2. The average Bonchev–Trinajstić information content (AvgIpc) is 2.60. The summed E-state index contributed by atoms with van der Waals surface area (Å²) in [7, 11) is 1.93. The Balaban J connectivity index is 1.92. The minimum absolute atomic E-state index is 0.0962. The predicted molar refractivity (Wildman–Crippen MR) is 101 cm³/mol. The molecule has 1 heterocycles. The molecule has 3 aromatic rings. The van der Waals surface area contributed by atoms with Crippen molar-refractivity contribution in [2.45, 2.75) is 6.54 Å². The summed E-state index contributed by atoms with van der Waals surface area (Å²) in [6, 6.07) is 15.9. The average molecular weight is 342 g/mol. The molecule has 0 saturated carbocycles. The fraction of sp³-hybridized carbons (Fsp3) is 0.211. The first-order chi connectivity index (χ1) is 11.7. The van der Waals surface area contributed by atoms with Gasteiger partial charge in [-0.15, -0.1) is 0 Å². The second-order valence-corrected chi connectivity index (χ2v) is 6.03. The van der Waals surface area contributed by atoms with Gasteiger partial charge in [0.1, 0.15) is 5.82 Å². The lowest BCUT2D eigenvalue weighted by Crippen LogP contribution is -2.22. The van der Waals surface area contributed by atoms with Crippen molar-refractivity contribution >= 4 is 33.9 Å². The van der Waals surface area contributed by atoms with E-state index in [1.165, 1.54) is 0 Å². The Morgan fingerprint density at radius 1 is 1.08 bits per heavy atom. The summed E-state index contributed by atoms with van der Waals surface area (Å²) in [6.45, 7) is 1.30. The number of nitrogens with zero attached hydrogens (tertiary/aromatic N) is 2. The monoisotopic (exact) mass is 341 g/mol. The third-order valence-electron chi connectivity index (χ3n) is 4.01. The van der Waals surface area contributed by atoms with Crippen LogP contribution >= 0.6 is 11.6 Å². The molecule has 24 heavy (non-hydrogen) atoms. The van der Waals surface area contributed by atoms with Crippen molar-refractivity contribution < 1.29 is 5.11 Å². The molecule has 0 spiro atoms. The molecule has 124 valence electrons. The lowest BCUT2D eigenvalue weighted by atomic mass is 10.1. The topological polar surface area (TPSA) is 48.4 Å². The third kappa shape index (κ3) is 3.45. The number of fused-ring (bicyclic) bond motifs is 1. The van der Waals surface area contributed by atoms with Crippen LogP contribution in [0.15, 0.2) is 54.7 Å². The van der Waals surface area contributed by atoms with Crippen LogP contribution in [0.1, 0.15) is 5.56 Å². The molecule has 2 N–H and O–H groups in total. The zero-order valence-electron chi connectivity index (χ0n) is 13.5. The van der Waals surface area contributed by atoms with Gasteiger partial charge in [0.05, 0.1) is 6.61 Å². The molecular formula is C19H20ClN3O. The minimum atomic E-state index is 0.0962. The Hall–Kier alpha value is -2.30. The van der Waals surface area contributed by atoms with Crippen molar-refractivity contribution in [2.24, 2.45) is 0 Å². The summed E-state index contributed by atoms with van der Waals surface area (Å²) in [5.41, 5.74) is 2.09. The van der Waals surface area contributed by atoms with Crippen LogP contribution in [0.5, 0.6) is 0 Å². The van der Waals surface area contributed by atoms with Gasteiger partial charge in [-0.25, -0.2) is 4.98 Å². The van der Waals surface area contributed by atoms with Gasteiger partial charge in [0.25, 0.3) is 0 Å². The van der Waals surface area contributed by atoms with E-state index in [4.69, 9.17) is 16.7 Å². The van der Waals surface area contributed by atoms with Gasteiger partial charge in [0, 0.05) is 47.8 Å². The Morgan fingerprint density at radius 3 is 2.71 bits per heavy atom. The van der Waals surface area contributed by atoms with Crippen molar-refractivity contribution in [1.82, 2.24) is 4.98 Å². The van der Waals surface area contributed by atoms with E-state index in [0.717, 1.165) is 32.9 Å². The summed E-state index contributed by atoms with van der Waals surface area (Å²) in [4.78, 5) is 6.42. The molecule has 0 aliphatic heterocycles. The number of hydrogen-bond acceptors (Lipinski definition) is 4. The van der Waals surface area contributed by atoms with Gasteiger partial charge in [-0.2, -0.15) is 0 Å². The molecule has 4 nitrogen and oxygen atoms in total. The van der Waals surface area contributed by atoms with E-state index in [1.807, 2.05) is 54.4 Å². The number of pyridine rings is 1. The first-order valence-electron chi connectivity index (χ1n) is 7.87. The largest absolute Gasteiger partial charge is 0.395 e. The molecule has 0 atom stereocenters. The zero-order chi connectivity index (χ0) is 16.9. The molecule has 0 saturated heterocycles. The number of aliphatic hydroxyl groups is 1. The van der Waals surface area contributed by atoms with Gasteiger partial charge >= 0.3 is 0 Å². The molecular weight excluding hydrogens is 322 g/mol. The number of halogens is 1. The van der Waals surface area contributed by atoms with Gasteiger partial charge in [-0.1, -0.05) is 41.9 Å². The van der Waals surface area contributed by atoms with E-state index in [9.17, 15) is 0 Å². The molecule has 0 bridgehead atoms. The quantitative estimate of drug-likeness (QED) is 0.713.